The molecule has 0 radical (unpaired) electrons. The van der Waals surface area contributed by atoms with Crippen molar-refractivity contribution >= 4 is 34.3 Å². The summed E-state index contributed by atoms with van der Waals surface area (Å²) in [5, 5.41) is 1.41. The molecule has 32 heavy (non-hydrogen) atoms. The van der Waals surface area contributed by atoms with Crippen LogP contribution in [0.2, 0.25) is 5.02 Å². The van der Waals surface area contributed by atoms with Crippen molar-refractivity contribution in [2.24, 2.45) is 11.8 Å². The highest BCUT2D eigenvalue weighted by atomic mass is 35.5. The Bertz CT molecular complexity index is 1130. The minimum atomic E-state index is -0.386. The molecule has 1 unspecified atom stereocenters. The van der Waals surface area contributed by atoms with Gasteiger partial charge in [-0.2, -0.15) is 0 Å². The van der Waals surface area contributed by atoms with E-state index in [-0.39, 0.29) is 29.5 Å². The quantitative estimate of drug-likeness (QED) is 0.519. The Hall–Kier alpha value is -2.99. The molecule has 1 fully saturated rings. The number of pyridine rings is 1. The van der Waals surface area contributed by atoms with E-state index >= 15 is 0 Å². The summed E-state index contributed by atoms with van der Waals surface area (Å²) < 4.78 is 13.8. The number of hydrogen-bond acceptors (Lipinski definition) is 3. The van der Waals surface area contributed by atoms with Gasteiger partial charge in [-0.1, -0.05) is 18.5 Å². The third-order valence-corrected chi connectivity index (χ3v) is 6.73. The number of aromatic nitrogens is 1. The molecular weight excluding hydrogens is 429 g/mol. The molecule has 166 valence electrons. The van der Waals surface area contributed by atoms with Crippen LogP contribution in [0.1, 0.15) is 54.4 Å². The minimum Gasteiger partial charge on any atom is -0.273 e. The molecule has 1 aliphatic carbocycles. The van der Waals surface area contributed by atoms with E-state index in [0.29, 0.717) is 16.5 Å². The van der Waals surface area contributed by atoms with Crippen molar-refractivity contribution in [2.45, 2.75) is 38.5 Å². The number of fused-ring (bicyclic) bond motifs is 1. The van der Waals surface area contributed by atoms with Crippen molar-refractivity contribution in [1.29, 1.82) is 0 Å². The second-order valence-electron chi connectivity index (χ2n) is 8.41. The first-order valence-corrected chi connectivity index (χ1v) is 11.2. The zero-order valence-electron chi connectivity index (χ0n) is 17.8. The van der Waals surface area contributed by atoms with Gasteiger partial charge in [-0.15, -0.1) is 0 Å². The van der Waals surface area contributed by atoms with Crippen molar-refractivity contribution in [1.82, 2.24) is 15.8 Å². The fraction of sp³-hybridized carbons (Fsp3) is 0.320. The van der Waals surface area contributed by atoms with Gasteiger partial charge in [0.15, 0.2) is 0 Å². The number of nitrogens with one attached hydrogen (secondary N) is 2. The predicted octanol–water partition coefficient (Wildman–Crippen LogP) is 5.40. The minimum absolute atomic E-state index is 0.202. The van der Waals surface area contributed by atoms with Gasteiger partial charge in [-0.3, -0.25) is 25.4 Å². The van der Waals surface area contributed by atoms with Gasteiger partial charge in [-0.05, 0) is 91.6 Å². The molecule has 3 aromatic rings. The van der Waals surface area contributed by atoms with Gasteiger partial charge in [0.25, 0.3) is 5.91 Å². The Kier molecular flexibility index (Phi) is 6.70. The number of hydrogen-bond donors (Lipinski definition) is 2. The molecule has 2 N–H and O–H groups in total. The zero-order valence-corrected chi connectivity index (χ0v) is 18.5. The SMILES string of the molecule is CC(C(=O)NNC(=O)c1ccc(Cl)cc1)C1CCC(c2ccnc3ccc(F)cc23)CC1. The summed E-state index contributed by atoms with van der Waals surface area (Å²) in [6.07, 6.45) is 5.41. The summed E-state index contributed by atoms with van der Waals surface area (Å²) in [5.74, 6) is -0.531. The molecule has 1 aromatic heterocycles. The maximum atomic E-state index is 13.8. The van der Waals surface area contributed by atoms with E-state index in [1.54, 1.807) is 42.6 Å². The fourth-order valence-electron chi connectivity index (χ4n) is 4.55. The van der Waals surface area contributed by atoms with Gasteiger partial charge in [0, 0.05) is 28.1 Å². The van der Waals surface area contributed by atoms with E-state index in [1.165, 1.54) is 6.07 Å². The van der Waals surface area contributed by atoms with E-state index in [2.05, 4.69) is 15.8 Å². The number of rotatable bonds is 4. The van der Waals surface area contributed by atoms with Gasteiger partial charge in [0.1, 0.15) is 5.82 Å². The molecule has 1 saturated carbocycles. The molecule has 1 heterocycles. The number of benzene rings is 2. The number of carbonyl (C=O) groups excluding carboxylic acids is 2. The number of carbonyl (C=O) groups is 2. The van der Waals surface area contributed by atoms with E-state index in [9.17, 15) is 14.0 Å². The van der Waals surface area contributed by atoms with Crippen LogP contribution >= 0.6 is 11.6 Å². The van der Waals surface area contributed by atoms with E-state index in [0.717, 1.165) is 42.1 Å². The normalized spacial score (nSPS) is 19.3. The fourth-order valence-corrected chi connectivity index (χ4v) is 4.67. The van der Waals surface area contributed by atoms with Crippen LogP contribution in [0.4, 0.5) is 4.39 Å². The Labute approximate surface area is 191 Å². The number of nitrogens with zero attached hydrogens (tertiary/aromatic N) is 1. The van der Waals surface area contributed by atoms with Crippen LogP contribution in [0.15, 0.2) is 54.7 Å². The predicted molar refractivity (Wildman–Crippen MR) is 123 cm³/mol. The van der Waals surface area contributed by atoms with E-state index < -0.39 is 0 Å². The summed E-state index contributed by atoms with van der Waals surface area (Å²) in [4.78, 5) is 29.1. The van der Waals surface area contributed by atoms with Crippen LogP contribution < -0.4 is 10.9 Å². The smallest absolute Gasteiger partial charge is 0.269 e. The zero-order chi connectivity index (χ0) is 22.7. The lowest BCUT2D eigenvalue weighted by Gasteiger charge is -2.32. The molecule has 0 spiro atoms. The van der Waals surface area contributed by atoms with Gasteiger partial charge >= 0.3 is 0 Å². The first kappa shape index (κ1) is 22.2. The van der Waals surface area contributed by atoms with Gasteiger partial charge in [-0.25, -0.2) is 4.39 Å². The molecule has 7 heteroatoms. The van der Waals surface area contributed by atoms with Crippen LogP contribution in [-0.2, 0) is 4.79 Å². The van der Waals surface area contributed by atoms with Gasteiger partial charge in [0.05, 0.1) is 5.52 Å². The summed E-state index contributed by atoms with van der Waals surface area (Å²) in [7, 11) is 0. The van der Waals surface area contributed by atoms with Crippen LogP contribution in [0.25, 0.3) is 10.9 Å². The number of hydrazine groups is 1. The van der Waals surface area contributed by atoms with E-state index in [1.807, 2.05) is 13.0 Å². The Morgan fingerprint density at radius 2 is 1.75 bits per heavy atom. The summed E-state index contributed by atoms with van der Waals surface area (Å²) in [6.45, 7) is 1.89. The lowest BCUT2D eigenvalue weighted by atomic mass is 9.73. The first-order valence-electron chi connectivity index (χ1n) is 10.8. The van der Waals surface area contributed by atoms with Crippen LogP contribution in [0.5, 0.6) is 0 Å². The molecule has 0 bridgehead atoms. The molecule has 0 aliphatic heterocycles. The van der Waals surface area contributed by atoms with Crippen molar-refractivity contribution in [3.05, 3.63) is 76.7 Å². The highest BCUT2D eigenvalue weighted by molar-refractivity contribution is 6.30. The monoisotopic (exact) mass is 453 g/mol. The van der Waals surface area contributed by atoms with Crippen LogP contribution in [0.3, 0.4) is 0 Å². The summed E-state index contributed by atoms with van der Waals surface area (Å²) in [5.41, 5.74) is 7.37. The molecule has 2 amide bonds. The second kappa shape index (κ2) is 9.65. The first-order chi connectivity index (χ1) is 15.4. The van der Waals surface area contributed by atoms with Crippen molar-refractivity contribution in [3.63, 3.8) is 0 Å². The molecule has 1 aliphatic rings. The number of halogens is 2. The van der Waals surface area contributed by atoms with Crippen molar-refractivity contribution in [2.75, 3.05) is 0 Å². The Morgan fingerprint density at radius 3 is 2.47 bits per heavy atom. The third kappa shape index (κ3) is 4.91. The highest BCUT2D eigenvalue weighted by Crippen LogP contribution is 2.40. The Balaban J connectivity index is 1.33. The molecule has 4 rings (SSSR count). The van der Waals surface area contributed by atoms with Gasteiger partial charge in [0.2, 0.25) is 5.91 Å². The Morgan fingerprint density at radius 1 is 1.03 bits per heavy atom. The van der Waals surface area contributed by atoms with E-state index in [4.69, 9.17) is 11.6 Å². The maximum Gasteiger partial charge on any atom is 0.269 e. The van der Waals surface area contributed by atoms with Crippen molar-refractivity contribution in [3.8, 4) is 0 Å². The lowest BCUT2D eigenvalue weighted by molar-refractivity contribution is -0.127. The standard InChI is InChI=1S/C25H25ClFN3O2/c1-15(24(31)29-30-25(32)18-6-8-19(26)9-7-18)16-2-4-17(5-3-16)21-12-13-28-23-11-10-20(27)14-22(21)23/h6-17H,2-5H2,1H3,(H,29,31)(H,30,32). The molecule has 1 atom stereocenters. The maximum absolute atomic E-state index is 13.8. The molecule has 0 saturated heterocycles. The van der Waals surface area contributed by atoms with Gasteiger partial charge < -0.3 is 0 Å². The topological polar surface area (TPSA) is 71.1 Å². The average molecular weight is 454 g/mol. The van der Waals surface area contributed by atoms with Crippen LogP contribution in [0, 0.1) is 17.7 Å². The number of amides is 2. The van der Waals surface area contributed by atoms with Crippen molar-refractivity contribution < 1.29 is 14.0 Å². The lowest BCUT2D eigenvalue weighted by Crippen LogP contribution is -2.45. The highest BCUT2D eigenvalue weighted by Gasteiger charge is 2.30. The third-order valence-electron chi connectivity index (χ3n) is 6.48. The summed E-state index contributed by atoms with van der Waals surface area (Å²) >= 11 is 5.84. The molecule has 5 nitrogen and oxygen atoms in total. The van der Waals surface area contributed by atoms with Crippen LogP contribution in [-0.4, -0.2) is 16.8 Å². The molecular formula is C25H25ClFN3O2. The average Bonchev–Trinajstić information content (AvgIpc) is 2.82. The second-order valence-corrected chi connectivity index (χ2v) is 8.85. The summed E-state index contributed by atoms with van der Waals surface area (Å²) in [6, 6.07) is 13.1. The largest absolute Gasteiger partial charge is 0.273 e. The molecule has 2 aromatic carbocycles.